The molecule has 0 unspecified atom stereocenters. The highest BCUT2D eigenvalue weighted by Gasteiger charge is 2.22. The molecule has 9 aromatic carbocycles. The SMILES string of the molecule is c1ccc(-c2cccc(-c3cccc4c3c3cc(N(c5cccc(-c6ccccc6)c5)c5cccc6sc7ccccc7c56)ccc3n4-c3ccccc3)c2)cc1. The first-order valence-electron chi connectivity index (χ1n) is 19.4. The van der Waals surface area contributed by atoms with E-state index in [9.17, 15) is 0 Å². The molecule has 0 spiro atoms. The summed E-state index contributed by atoms with van der Waals surface area (Å²) in [6.07, 6.45) is 0. The Kier molecular flexibility index (Phi) is 8.04. The van der Waals surface area contributed by atoms with Crippen LogP contribution in [0, 0.1) is 0 Å². The average Bonchev–Trinajstić information content (AvgIpc) is 3.84. The molecule has 268 valence electrons. The van der Waals surface area contributed by atoms with Crippen LogP contribution in [0.5, 0.6) is 0 Å². The summed E-state index contributed by atoms with van der Waals surface area (Å²) >= 11 is 1.86. The molecule has 0 amide bonds. The summed E-state index contributed by atoms with van der Waals surface area (Å²) in [7, 11) is 0. The number of nitrogens with zero attached hydrogens (tertiary/aromatic N) is 2. The maximum atomic E-state index is 2.47. The fourth-order valence-corrected chi connectivity index (χ4v) is 9.74. The van der Waals surface area contributed by atoms with Gasteiger partial charge in [0.25, 0.3) is 0 Å². The second kappa shape index (κ2) is 13.8. The normalized spacial score (nSPS) is 11.5. The van der Waals surface area contributed by atoms with E-state index in [0.29, 0.717) is 0 Å². The first kappa shape index (κ1) is 33.2. The number of para-hydroxylation sites is 1. The van der Waals surface area contributed by atoms with E-state index in [1.165, 1.54) is 75.4 Å². The third-order valence-electron chi connectivity index (χ3n) is 11.2. The zero-order valence-corrected chi connectivity index (χ0v) is 31.9. The summed E-state index contributed by atoms with van der Waals surface area (Å²) in [6, 6.07) is 79.4. The first-order chi connectivity index (χ1) is 28.3. The Morgan fingerprint density at radius 2 is 0.947 bits per heavy atom. The van der Waals surface area contributed by atoms with Crippen molar-refractivity contribution in [1.29, 1.82) is 0 Å². The predicted molar refractivity (Wildman–Crippen MR) is 245 cm³/mol. The van der Waals surface area contributed by atoms with Crippen molar-refractivity contribution >= 4 is 70.4 Å². The van der Waals surface area contributed by atoms with Crippen molar-refractivity contribution in [2.45, 2.75) is 0 Å². The molecule has 0 saturated heterocycles. The van der Waals surface area contributed by atoms with Gasteiger partial charge in [0, 0.05) is 48.0 Å². The minimum absolute atomic E-state index is 1.11. The fraction of sp³-hybridized carbons (Fsp3) is 0. The van der Waals surface area contributed by atoms with Crippen molar-refractivity contribution in [2.75, 3.05) is 4.90 Å². The van der Waals surface area contributed by atoms with Crippen LogP contribution in [0.2, 0.25) is 0 Å². The zero-order chi connectivity index (χ0) is 37.7. The standard InChI is InChI=1S/C54H36N2S/c1-4-16-37(17-5-1)39-20-12-22-41(34-39)45-27-14-28-49-53(45)47-36-44(32-33-48(47)56(49)42-23-8-3-9-24-42)55(43-25-13-21-40(35-43)38-18-6-2-7-19-38)50-29-15-31-52-54(50)46-26-10-11-30-51(46)57-52/h1-36H. The van der Waals surface area contributed by atoms with Crippen molar-refractivity contribution in [3.05, 3.63) is 218 Å². The topological polar surface area (TPSA) is 8.17 Å². The molecule has 3 heteroatoms. The van der Waals surface area contributed by atoms with Gasteiger partial charge in [-0.25, -0.2) is 0 Å². The number of hydrogen-bond donors (Lipinski definition) is 0. The average molecular weight is 745 g/mol. The van der Waals surface area contributed by atoms with Crippen molar-refractivity contribution in [1.82, 2.24) is 4.57 Å². The first-order valence-corrected chi connectivity index (χ1v) is 20.2. The molecule has 2 nitrogen and oxygen atoms in total. The molecule has 0 radical (unpaired) electrons. The molecule has 0 aliphatic rings. The fourth-order valence-electron chi connectivity index (χ4n) is 8.62. The van der Waals surface area contributed by atoms with E-state index in [-0.39, 0.29) is 0 Å². The highest BCUT2D eigenvalue weighted by molar-refractivity contribution is 7.26. The van der Waals surface area contributed by atoms with Gasteiger partial charge in [-0.05, 0) is 106 Å². The molecular formula is C54H36N2S. The molecule has 0 atom stereocenters. The van der Waals surface area contributed by atoms with Crippen LogP contribution >= 0.6 is 11.3 Å². The Labute approximate surface area is 335 Å². The van der Waals surface area contributed by atoms with Crippen LogP contribution in [0.4, 0.5) is 17.1 Å². The molecule has 0 bridgehead atoms. The number of fused-ring (bicyclic) bond motifs is 6. The minimum atomic E-state index is 1.11. The van der Waals surface area contributed by atoms with Gasteiger partial charge < -0.3 is 9.47 Å². The Bertz CT molecular complexity index is 3230. The smallest absolute Gasteiger partial charge is 0.0554 e. The molecule has 11 rings (SSSR count). The van der Waals surface area contributed by atoms with Crippen LogP contribution < -0.4 is 4.90 Å². The van der Waals surface area contributed by atoms with E-state index in [1.807, 2.05) is 11.3 Å². The van der Waals surface area contributed by atoms with Crippen molar-refractivity contribution in [2.24, 2.45) is 0 Å². The number of anilines is 3. The lowest BCUT2D eigenvalue weighted by Gasteiger charge is -2.27. The summed E-state index contributed by atoms with van der Waals surface area (Å²) in [4.78, 5) is 2.47. The number of hydrogen-bond acceptors (Lipinski definition) is 2. The van der Waals surface area contributed by atoms with Crippen LogP contribution in [-0.4, -0.2) is 4.57 Å². The number of rotatable bonds is 7. The second-order valence-corrected chi connectivity index (χ2v) is 15.6. The van der Waals surface area contributed by atoms with Crippen LogP contribution in [0.25, 0.3) is 81.0 Å². The van der Waals surface area contributed by atoms with Gasteiger partial charge in [0.2, 0.25) is 0 Å². The second-order valence-electron chi connectivity index (χ2n) is 14.5. The lowest BCUT2D eigenvalue weighted by molar-refractivity contribution is 1.18. The van der Waals surface area contributed by atoms with Gasteiger partial charge in [-0.3, -0.25) is 0 Å². The molecule has 0 aliphatic heterocycles. The molecule has 11 aromatic rings. The molecular weight excluding hydrogens is 709 g/mol. The molecule has 0 fully saturated rings. The highest BCUT2D eigenvalue weighted by Crippen LogP contribution is 2.47. The van der Waals surface area contributed by atoms with Crippen molar-refractivity contribution in [3.63, 3.8) is 0 Å². The molecule has 0 aliphatic carbocycles. The van der Waals surface area contributed by atoms with Gasteiger partial charge in [0.05, 0.1) is 16.7 Å². The lowest BCUT2D eigenvalue weighted by Crippen LogP contribution is -2.10. The maximum absolute atomic E-state index is 2.47. The Morgan fingerprint density at radius 1 is 0.351 bits per heavy atom. The van der Waals surface area contributed by atoms with E-state index >= 15 is 0 Å². The number of benzene rings is 9. The van der Waals surface area contributed by atoms with Gasteiger partial charge in [-0.1, -0.05) is 146 Å². The zero-order valence-electron chi connectivity index (χ0n) is 31.1. The minimum Gasteiger partial charge on any atom is -0.310 e. The lowest BCUT2D eigenvalue weighted by atomic mass is 9.95. The van der Waals surface area contributed by atoms with Crippen LogP contribution in [0.3, 0.4) is 0 Å². The van der Waals surface area contributed by atoms with Gasteiger partial charge in [-0.2, -0.15) is 0 Å². The number of aromatic nitrogens is 1. The van der Waals surface area contributed by atoms with E-state index in [1.54, 1.807) is 0 Å². The third-order valence-corrected chi connectivity index (χ3v) is 12.3. The highest BCUT2D eigenvalue weighted by atomic mass is 32.1. The van der Waals surface area contributed by atoms with Gasteiger partial charge in [0.15, 0.2) is 0 Å². The quantitative estimate of drug-likeness (QED) is 0.158. The molecule has 2 aromatic heterocycles. The largest absolute Gasteiger partial charge is 0.310 e. The molecule has 0 saturated carbocycles. The van der Waals surface area contributed by atoms with E-state index in [4.69, 9.17) is 0 Å². The molecule has 2 heterocycles. The maximum Gasteiger partial charge on any atom is 0.0554 e. The third kappa shape index (κ3) is 5.71. The van der Waals surface area contributed by atoms with Gasteiger partial charge >= 0.3 is 0 Å². The summed E-state index contributed by atoms with van der Waals surface area (Å²) in [5, 5.41) is 4.99. The van der Waals surface area contributed by atoms with Crippen LogP contribution in [-0.2, 0) is 0 Å². The summed E-state index contributed by atoms with van der Waals surface area (Å²) in [5.74, 6) is 0. The molecule has 0 N–H and O–H groups in total. The van der Waals surface area contributed by atoms with Gasteiger partial charge in [-0.15, -0.1) is 11.3 Å². The number of thiophene rings is 1. The Morgan fingerprint density at radius 3 is 1.74 bits per heavy atom. The monoisotopic (exact) mass is 744 g/mol. The van der Waals surface area contributed by atoms with Crippen molar-refractivity contribution < 1.29 is 0 Å². The summed E-state index contributed by atoms with van der Waals surface area (Å²) in [6.45, 7) is 0. The van der Waals surface area contributed by atoms with E-state index < -0.39 is 0 Å². The van der Waals surface area contributed by atoms with E-state index in [0.717, 1.165) is 22.7 Å². The summed E-state index contributed by atoms with van der Waals surface area (Å²) < 4.78 is 4.99. The van der Waals surface area contributed by atoms with Crippen molar-refractivity contribution in [3.8, 4) is 39.1 Å². The predicted octanol–water partition coefficient (Wildman–Crippen LogP) is 15.6. The Hall–Kier alpha value is -7.20. The van der Waals surface area contributed by atoms with E-state index in [2.05, 4.69) is 228 Å². The van der Waals surface area contributed by atoms with Gasteiger partial charge in [0.1, 0.15) is 0 Å². The summed E-state index contributed by atoms with van der Waals surface area (Å²) in [5.41, 5.74) is 14.1. The molecule has 57 heavy (non-hydrogen) atoms. The van der Waals surface area contributed by atoms with Crippen LogP contribution in [0.15, 0.2) is 218 Å². The Balaban J connectivity index is 1.20. The van der Waals surface area contributed by atoms with Crippen LogP contribution in [0.1, 0.15) is 0 Å².